The van der Waals surface area contributed by atoms with Crippen molar-refractivity contribution >= 4 is 29.0 Å². The van der Waals surface area contributed by atoms with E-state index in [4.69, 9.17) is 4.74 Å². The van der Waals surface area contributed by atoms with Crippen molar-refractivity contribution in [1.29, 1.82) is 0 Å². The standard InChI is InChI=1S/C20H25N3O4S/c1-13-11-16(14(2)23(13)19-21-9-10-28-19)17(25)12-27-18(26)20(22-15(3)24)7-5-4-6-8-20/h9-11H,4-8,12H2,1-3H3,(H,22,24). The molecule has 28 heavy (non-hydrogen) atoms. The fourth-order valence-electron chi connectivity index (χ4n) is 3.89. The minimum absolute atomic E-state index is 0.266. The summed E-state index contributed by atoms with van der Waals surface area (Å²) < 4.78 is 7.29. The average Bonchev–Trinajstić information content (AvgIpc) is 3.27. The van der Waals surface area contributed by atoms with Crippen LogP contribution >= 0.6 is 11.3 Å². The van der Waals surface area contributed by atoms with Gasteiger partial charge in [-0.2, -0.15) is 0 Å². The van der Waals surface area contributed by atoms with Gasteiger partial charge >= 0.3 is 5.97 Å². The molecule has 1 fully saturated rings. The summed E-state index contributed by atoms with van der Waals surface area (Å²) in [6.07, 6.45) is 5.51. The molecule has 0 unspecified atom stereocenters. The van der Waals surface area contributed by atoms with Crippen LogP contribution in [0.15, 0.2) is 17.6 Å². The molecule has 0 saturated heterocycles. The zero-order valence-corrected chi connectivity index (χ0v) is 17.2. The van der Waals surface area contributed by atoms with Gasteiger partial charge in [0.05, 0.1) is 0 Å². The highest BCUT2D eigenvalue weighted by atomic mass is 32.1. The van der Waals surface area contributed by atoms with Crippen molar-refractivity contribution < 1.29 is 19.1 Å². The monoisotopic (exact) mass is 403 g/mol. The Labute approximate surface area is 168 Å². The number of carbonyl (C=O) groups excluding carboxylic acids is 3. The number of amides is 1. The lowest BCUT2D eigenvalue weighted by molar-refractivity contribution is -0.154. The molecule has 0 radical (unpaired) electrons. The van der Waals surface area contributed by atoms with Crippen molar-refractivity contribution in [3.63, 3.8) is 0 Å². The number of nitrogens with one attached hydrogen (secondary N) is 1. The molecule has 2 aromatic rings. The third-order valence-corrected chi connectivity index (χ3v) is 5.95. The van der Waals surface area contributed by atoms with Gasteiger partial charge in [-0.3, -0.25) is 14.2 Å². The van der Waals surface area contributed by atoms with Gasteiger partial charge in [0.25, 0.3) is 0 Å². The van der Waals surface area contributed by atoms with Gasteiger partial charge in [-0.05, 0) is 32.8 Å². The van der Waals surface area contributed by atoms with Gasteiger partial charge in [0.2, 0.25) is 11.7 Å². The van der Waals surface area contributed by atoms with Crippen LogP contribution in [0, 0.1) is 13.8 Å². The van der Waals surface area contributed by atoms with E-state index in [-0.39, 0.29) is 18.3 Å². The summed E-state index contributed by atoms with van der Waals surface area (Å²) >= 11 is 1.49. The van der Waals surface area contributed by atoms with Crippen molar-refractivity contribution in [3.05, 3.63) is 34.6 Å². The Balaban J connectivity index is 1.72. The maximum absolute atomic E-state index is 12.7. The lowest BCUT2D eigenvalue weighted by Crippen LogP contribution is -2.56. The lowest BCUT2D eigenvalue weighted by Gasteiger charge is -2.35. The minimum Gasteiger partial charge on any atom is -0.456 e. The number of hydrogen-bond acceptors (Lipinski definition) is 6. The molecule has 1 saturated carbocycles. The minimum atomic E-state index is -1.01. The Bertz CT molecular complexity index is 880. The average molecular weight is 404 g/mol. The molecule has 1 aliphatic rings. The Morgan fingerprint density at radius 2 is 1.96 bits per heavy atom. The Hall–Kier alpha value is -2.48. The molecule has 0 aliphatic heterocycles. The van der Waals surface area contributed by atoms with E-state index in [0.717, 1.165) is 35.8 Å². The van der Waals surface area contributed by atoms with Crippen LogP contribution in [-0.4, -0.2) is 39.4 Å². The molecule has 0 atom stereocenters. The third kappa shape index (κ3) is 4.01. The summed E-state index contributed by atoms with van der Waals surface area (Å²) in [7, 11) is 0. The molecule has 2 aromatic heterocycles. The second kappa shape index (κ2) is 8.26. The Kier molecular flexibility index (Phi) is 5.98. The molecule has 0 spiro atoms. The molecule has 8 heteroatoms. The molecule has 1 aliphatic carbocycles. The van der Waals surface area contributed by atoms with Crippen LogP contribution in [0.1, 0.15) is 60.8 Å². The first-order chi connectivity index (χ1) is 13.3. The number of ether oxygens (including phenoxy) is 1. The van der Waals surface area contributed by atoms with Crippen molar-refractivity contribution in [2.75, 3.05) is 6.61 Å². The highest BCUT2D eigenvalue weighted by molar-refractivity contribution is 7.12. The van der Waals surface area contributed by atoms with E-state index in [1.54, 1.807) is 12.3 Å². The summed E-state index contributed by atoms with van der Waals surface area (Å²) in [6, 6.07) is 1.79. The van der Waals surface area contributed by atoms with Crippen LogP contribution in [0.25, 0.3) is 5.13 Å². The first-order valence-electron chi connectivity index (χ1n) is 9.42. The van der Waals surface area contributed by atoms with Crippen LogP contribution in [0.3, 0.4) is 0 Å². The number of aromatic nitrogens is 2. The summed E-state index contributed by atoms with van der Waals surface area (Å²) in [5.74, 6) is -1.06. The SMILES string of the molecule is CC(=O)NC1(C(=O)OCC(=O)c2cc(C)n(-c3nccs3)c2C)CCCCC1. The van der Waals surface area contributed by atoms with Crippen LogP contribution < -0.4 is 5.32 Å². The van der Waals surface area contributed by atoms with Crippen molar-refractivity contribution in [3.8, 4) is 5.13 Å². The summed E-state index contributed by atoms with van der Waals surface area (Å²) in [5.41, 5.74) is 1.16. The zero-order valence-electron chi connectivity index (χ0n) is 16.4. The summed E-state index contributed by atoms with van der Waals surface area (Å²) in [4.78, 5) is 41.3. The van der Waals surface area contributed by atoms with Crippen LogP contribution in [0.2, 0.25) is 0 Å². The van der Waals surface area contributed by atoms with Gasteiger partial charge in [0, 0.05) is 35.5 Å². The van der Waals surface area contributed by atoms with Crippen LogP contribution in [0.4, 0.5) is 0 Å². The molecule has 1 N–H and O–H groups in total. The largest absolute Gasteiger partial charge is 0.456 e. The number of rotatable bonds is 6. The normalized spacial score (nSPS) is 15.8. The van der Waals surface area contributed by atoms with E-state index >= 15 is 0 Å². The molecule has 0 aromatic carbocycles. The van der Waals surface area contributed by atoms with Crippen LogP contribution in [-0.2, 0) is 14.3 Å². The van der Waals surface area contributed by atoms with Gasteiger partial charge in [-0.1, -0.05) is 19.3 Å². The van der Waals surface area contributed by atoms with E-state index in [9.17, 15) is 14.4 Å². The highest BCUT2D eigenvalue weighted by Crippen LogP contribution is 2.30. The molecule has 1 amide bonds. The maximum atomic E-state index is 12.7. The lowest BCUT2D eigenvalue weighted by atomic mass is 9.81. The van der Waals surface area contributed by atoms with E-state index in [2.05, 4.69) is 10.3 Å². The number of carbonyl (C=O) groups is 3. The first-order valence-corrected chi connectivity index (χ1v) is 10.3. The predicted octanol–water partition coefficient (Wildman–Crippen LogP) is 3.12. The van der Waals surface area contributed by atoms with Gasteiger partial charge in [0.15, 0.2) is 11.7 Å². The van der Waals surface area contributed by atoms with Gasteiger partial charge in [0.1, 0.15) is 5.54 Å². The van der Waals surface area contributed by atoms with Gasteiger partial charge < -0.3 is 10.1 Å². The van der Waals surface area contributed by atoms with E-state index in [1.807, 2.05) is 23.8 Å². The van der Waals surface area contributed by atoms with Gasteiger partial charge in [-0.15, -0.1) is 11.3 Å². The number of hydrogen-bond donors (Lipinski definition) is 1. The Morgan fingerprint density at radius 1 is 1.25 bits per heavy atom. The van der Waals surface area contributed by atoms with E-state index in [1.165, 1.54) is 18.3 Å². The maximum Gasteiger partial charge on any atom is 0.332 e. The molecule has 7 nitrogen and oxygen atoms in total. The first kappa shape index (κ1) is 20.3. The van der Waals surface area contributed by atoms with Gasteiger partial charge in [-0.25, -0.2) is 9.78 Å². The quantitative estimate of drug-likeness (QED) is 0.591. The van der Waals surface area contributed by atoms with Crippen molar-refractivity contribution in [1.82, 2.24) is 14.9 Å². The number of Topliss-reactive ketones (excluding diaryl/α,β-unsaturated/α-hetero) is 1. The second-order valence-corrected chi connectivity index (χ2v) is 8.13. The number of aryl methyl sites for hydroxylation is 1. The molecule has 3 rings (SSSR count). The number of thiazole rings is 1. The number of esters is 1. The Morgan fingerprint density at radius 3 is 2.57 bits per heavy atom. The zero-order chi connectivity index (χ0) is 20.3. The van der Waals surface area contributed by atoms with Crippen molar-refractivity contribution in [2.45, 2.75) is 58.4 Å². The number of ketones is 1. The smallest absolute Gasteiger partial charge is 0.332 e. The number of nitrogens with zero attached hydrogens (tertiary/aromatic N) is 2. The third-order valence-electron chi connectivity index (χ3n) is 5.19. The second-order valence-electron chi connectivity index (χ2n) is 7.26. The fourth-order valence-corrected chi connectivity index (χ4v) is 4.64. The van der Waals surface area contributed by atoms with Crippen molar-refractivity contribution in [2.24, 2.45) is 0 Å². The van der Waals surface area contributed by atoms with E-state index in [0.29, 0.717) is 18.4 Å². The van der Waals surface area contributed by atoms with Crippen LogP contribution in [0.5, 0.6) is 0 Å². The molecule has 2 heterocycles. The molecular weight excluding hydrogens is 378 g/mol. The highest BCUT2D eigenvalue weighted by Gasteiger charge is 2.42. The molecule has 0 bridgehead atoms. The molecular formula is C20H25N3O4S. The van der Waals surface area contributed by atoms with E-state index < -0.39 is 11.5 Å². The molecule has 150 valence electrons. The topological polar surface area (TPSA) is 90.3 Å². The fraction of sp³-hybridized carbons (Fsp3) is 0.500. The summed E-state index contributed by atoms with van der Waals surface area (Å²) in [5, 5.41) is 5.43. The summed E-state index contributed by atoms with van der Waals surface area (Å²) in [6.45, 7) is 4.80. The predicted molar refractivity (Wildman–Crippen MR) is 106 cm³/mol.